The summed E-state index contributed by atoms with van der Waals surface area (Å²) in [4.78, 5) is 25.7. The molecule has 4 nitrogen and oxygen atoms in total. The molecule has 0 aliphatic carbocycles. The summed E-state index contributed by atoms with van der Waals surface area (Å²) in [5, 5.41) is 2.85. The summed E-state index contributed by atoms with van der Waals surface area (Å²) in [7, 11) is 1.64. The third-order valence-corrected chi connectivity index (χ3v) is 3.24. The number of carbonyl (C=O) groups is 2. The lowest BCUT2D eigenvalue weighted by atomic mass is 9.86. The van der Waals surface area contributed by atoms with E-state index in [1.165, 1.54) is 10.5 Å². The van der Waals surface area contributed by atoms with Gasteiger partial charge in [-0.05, 0) is 43.9 Å². The molecule has 0 fully saturated rings. The van der Waals surface area contributed by atoms with E-state index in [2.05, 4.69) is 26.1 Å². The van der Waals surface area contributed by atoms with Gasteiger partial charge in [-0.15, -0.1) is 0 Å². The molecule has 0 aromatic heterocycles. The van der Waals surface area contributed by atoms with Crippen LogP contribution in [0.25, 0.3) is 0 Å². The molecule has 22 heavy (non-hydrogen) atoms. The van der Waals surface area contributed by atoms with E-state index in [0.717, 1.165) is 0 Å². The van der Waals surface area contributed by atoms with Gasteiger partial charge in [-0.1, -0.05) is 32.9 Å². The highest BCUT2D eigenvalue weighted by atomic mass is 16.2. The molecule has 0 atom stereocenters. The van der Waals surface area contributed by atoms with Crippen LogP contribution in [-0.2, 0) is 10.2 Å². The number of carbonyl (C=O) groups excluding carboxylic acids is 2. The normalized spacial score (nSPS) is 12.0. The van der Waals surface area contributed by atoms with Crippen molar-refractivity contribution in [3.8, 4) is 0 Å². The van der Waals surface area contributed by atoms with Gasteiger partial charge in [0.2, 0.25) is 5.91 Å². The Kier molecular flexibility index (Phi) is 5.39. The van der Waals surface area contributed by atoms with Gasteiger partial charge in [-0.2, -0.15) is 0 Å². The van der Waals surface area contributed by atoms with E-state index in [9.17, 15) is 9.59 Å². The van der Waals surface area contributed by atoms with Gasteiger partial charge in [-0.25, -0.2) is 0 Å². The Morgan fingerprint density at radius 3 is 1.91 bits per heavy atom. The van der Waals surface area contributed by atoms with Crippen LogP contribution in [0.5, 0.6) is 0 Å². The second kappa shape index (κ2) is 6.51. The van der Waals surface area contributed by atoms with Crippen LogP contribution in [0.15, 0.2) is 24.3 Å². The Labute approximate surface area is 133 Å². The van der Waals surface area contributed by atoms with E-state index >= 15 is 0 Å². The molecule has 1 N–H and O–H groups in total. The van der Waals surface area contributed by atoms with Crippen molar-refractivity contribution in [2.75, 3.05) is 13.6 Å². The van der Waals surface area contributed by atoms with Crippen molar-refractivity contribution in [1.29, 1.82) is 0 Å². The summed E-state index contributed by atoms with van der Waals surface area (Å²) in [5.41, 5.74) is 1.53. The van der Waals surface area contributed by atoms with Gasteiger partial charge in [0.05, 0.1) is 6.54 Å². The second-order valence-corrected chi connectivity index (χ2v) is 7.79. The molecule has 2 amide bonds. The van der Waals surface area contributed by atoms with Crippen LogP contribution in [0.4, 0.5) is 0 Å². The van der Waals surface area contributed by atoms with E-state index in [1.807, 2.05) is 45.0 Å². The number of nitrogens with zero attached hydrogens (tertiary/aromatic N) is 1. The monoisotopic (exact) mass is 304 g/mol. The van der Waals surface area contributed by atoms with E-state index < -0.39 is 0 Å². The van der Waals surface area contributed by atoms with Crippen molar-refractivity contribution in [2.45, 2.75) is 52.5 Å². The molecule has 0 bridgehead atoms. The zero-order chi connectivity index (χ0) is 17.1. The van der Waals surface area contributed by atoms with Gasteiger partial charge >= 0.3 is 0 Å². The number of hydrogen-bond acceptors (Lipinski definition) is 2. The van der Waals surface area contributed by atoms with Crippen LogP contribution in [0.2, 0.25) is 0 Å². The minimum Gasteiger partial charge on any atom is -0.350 e. The van der Waals surface area contributed by atoms with Gasteiger partial charge in [-0.3, -0.25) is 9.59 Å². The van der Waals surface area contributed by atoms with Crippen LogP contribution >= 0.6 is 0 Å². The molecule has 1 aromatic carbocycles. The molecular weight excluding hydrogens is 276 g/mol. The highest BCUT2D eigenvalue weighted by Gasteiger charge is 2.19. The Hall–Kier alpha value is -1.84. The predicted molar refractivity (Wildman–Crippen MR) is 90.0 cm³/mol. The minimum atomic E-state index is -0.296. The van der Waals surface area contributed by atoms with Crippen molar-refractivity contribution in [3.05, 3.63) is 35.4 Å². The van der Waals surface area contributed by atoms with Crippen molar-refractivity contribution in [3.63, 3.8) is 0 Å². The fourth-order valence-corrected chi connectivity index (χ4v) is 2.08. The topological polar surface area (TPSA) is 49.4 Å². The molecule has 0 aliphatic heterocycles. The summed E-state index contributed by atoms with van der Waals surface area (Å²) >= 11 is 0. The average molecular weight is 304 g/mol. The maximum absolute atomic E-state index is 12.4. The first-order valence-corrected chi connectivity index (χ1v) is 7.57. The summed E-state index contributed by atoms with van der Waals surface area (Å²) in [5.74, 6) is -0.306. The molecular formula is C18H28N2O2. The zero-order valence-corrected chi connectivity index (χ0v) is 14.8. The number of rotatable bonds is 3. The van der Waals surface area contributed by atoms with Gasteiger partial charge in [0, 0.05) is 18.2 Å². The third kappa shape index (κ3) is 5.51. The fraction of sp³-hybridized carbons (Fsp3) is 0.556. The first kappa shape index (κ1) is 18.2. The lowest BCUT2D eigenvalue weighted by Crippen LogP contribution is -2.46. The molecule has 0 heterocycles. The molecule has 0 aliphatic rings. The largest absolute Gasteiger partial charge is 0.350 e. The van der Waals surface area contributed by atoms with Crippen molar-refractivity contribution in [2.24, 2.45) is 0 Å². The quantitative estimate of drug-likeness (QED) is 0.933. The van der Waals surface area contributed by atoms with E-state index in [0.29, 0.717) is 5.56 Å². The maximum atomic E-state index is 12.4. The summed E-state index contributed by atoms with van der Waals surface area (Å²) in [6, 6.07) is 7.58. The number of likely N-dealkylation sites (N-methyl/N-ethyl adjacent to an activating group) is 1. The van der Waals surface area contributed by atoms with Gasteiger partial charge in [0.1, 0.15) is 0 Å². The van der Waals surface area contributed by atoms with Gasteiger partial charge < -0.3 is 10.2 Å². The Morgan fingerprint density at radius 1 is 1.00 bits per heavy atom. The SMILES string of the molecule is CN(CC(=O)NC(C)(C)C)C(=O)c1ccc(C(C)(C)C)cc1. The van der Waals surface area contributed by atoms with Gasteiger partial charge in [0.25, 0.3) is 5.91 Å². The number of nitrogens with one attached hydrogen (secondary N) is 1. The van der Waals surface area contributed by atoms with Crippen LogP contribution in [0.3, 0.4) is 0 Å². The van der Waals surface area contributed by atoms with Crippen LogP contribution < -0.4 is 5.32 Å². The van der Waals surface area contributed by atoms with Crippen LogP contribution in [0.1, 0.15) is 57.5 Å². The number of amides is 2. The molecule has 0 unspecified atom stereocenters. The molecule has 1 aromatic rings. The maximum Gasteiger partial charge on any atom is 0.254 e. The molecule has 0 saturated carbocycles. The zero-order valence-electron chi connectivity index (χ0n) is 14.8. The van der Waals surface area contributed by atoms with Crippen LogP contribution in [-0.4, -0.2) is 35.8 Å². The predicted octanol–water partition coefficient (Wildman–Crippen LogP) is 2.97. The van der Waals surface area contributed by atoms with Crippen molar-refractivity contribution < 1.29 is 9.59 Å². The molecule has 0 saturated heterocycles. The van der Waals surface area contributed by atoms with Crippen molar-refractivity contribution in [1.82, 2.24) is 10.2 Å². The first-order chi connectivity index (χ1) is 9.90. The van der Waals surface area contributed by atoms with Crippen molar-refractivity contribution >= 4 is 11.8 Å². The fourth-order valence-electron chi connectivity index (χ4n) is 2.08. The number of benzene rings is 1. The Bertz CT molecular complexity index is 534. The summed E-state index contributed by atoms with van der Waals surface area (Å²) in [6.45, 7) is 12.2. The van der Waals surface area contributed by atoms with E-state index in [4.69, 9.17) is 0 Å². The first-order valence-electron chi connectivity index (χ1n) is 7.57. The number of hydrogen-bond donors (Lipinski definition) is 1. The lowest BCUT2D eigenvalue weighted by molar-refractivity contribution is -0.122. The highest BCUT2D eigenvalue weighted by molar-refractivity contribution is 5.96. The summed E-state index contributed by atoms with van der Waals surface area (Å²) in [6.07, 6.45) is 0. The molecule has 4 heteroatoms. The molecule has 122 valence electrons. The smallest absolute Gasteiger partial charge is 0.254 e. The Balaban J connectivity index is 2.73. The summed E-state index contributed by atoms with van der Waals surface area (Å²) < 4.78 is 0. The second-order valence-electron chi connectivity index (χ2n) is 7.79. The molecule has 1 rings (SSSR count). The third-order valence-electron chi connectivity index (χ3n) is 3.24. The molecule has 0 spiro atoms. The standard InChI is InChI=1S/C18H28N2O2/c1-17(2,3)14-10-8-13(9-11-14)16(22)20(7)12-15(21)19-18(4,5)6/h8-11H,12H2,1-7H3,(H,19,21). The highest BCUT2D eigenvalue weighted by Crippen LogP contribution is 2.22. The van der Waals surface area contributed by atoms with Gasteiger partial charge in [0.15, 0.2) is 0 Å². The van der Waals surface area contributed by atoms with E-state index in [1.54, 1.807) is 7.05 Å². The van der Waals surface area contributed by atoms with Crippen LogP contribution in [0, 0.1) is 0 Å². The minimum absolute atomic E-state index is 0.0527. The van der Waals surface area contributed by atoms with E-state index in [-0.39, 0.29) is 29.3 Å². The average Bonchev–Trinajstić information content (AvgIpc) is 2.34. The Morgan fingerprint density at radius 2 is 1.50 bits per heavy atom. The molecule has 0 radical (unpaired) electrons. The lowest BCUT2D eigenvalue weighted by Gasteiger charge is -2.24.